The lowest BCUT2D eigenvalue weighted by atomic mass is 9.96. The summed E-state index contributed by atoms with van der Waals surface area (Å²) in [6.45, 7) is -0.758. The second kappa shape index (κ2) is 10.4. The third kappa shape index (κ3) is 5.65. The van der Waals surface area contributed by atoms with Gasteiger partial charge in [0, 0.05) is 17.1 Å². The number of hydrogen-bond acceptors (Lipinski definition) is 4. The fraction of sp³-hybridized carbons (Fsp3) is 0.286. The Hall–Kier alpha value is -2.49. The van der Waals surface area contributed by atoms with Crippen LogP contribution in [0.1, 0.15) is 5.56 Å². The highest BCUT2D eigenvalue weighted by molar-refractivity contribution is 6.36. The summed E-state index contributed by atoms with van der Waals surface area (Å²) in [6, 6.07) is 7.04. The molecule has 2 aromatic rings. The number of primary amides is 1. The highest BCUT2D eigenvalue weighted by Gasteiger charge is 2.42. The number of alkyl halides is 2. The van der Waals surface area contributed by atoms with Crippen LogP contribution in [-0.2, 0) is 20.7 Å². The minimum Gasteiger partial charge on any atom is -0.485 e. The van der Waals surface area contributed by atoms with Crippen LogP contribution >= 0.6 is 23.2 Å². The number of halogens is 5. The Morgan fingerprint density at radius 2 is 2.00 bits per heavy atom. The lowest BCUT2D eigenvalue weighted by molar-refractivity contribution is -0.144. The highest BCUT2D eigenvalue weighted by Crippen LogP contribution is 2.39. The Morgan fingerprint density at radius 3 is 2.59 bits per heavy atom. The third-order valence-electron chi connectivity index (χ3n) is 4.68. The summed E-state index contributed by atoms with van der Waals surface area (Å²) in [7, 11) is 0. The smallest absolute Gasteiger partial charge is 0.272 e. The van der Waals surface area contributed by atoms with Crippen LogP contribution in [0.15, 0.2) is 30.3 Å². The van der Waals surface area contributed by atoms with Crippen LogP contribution < -0.4 is 15.8 Å². The van der Waals surface area contributed by atoms with E-state index in [9.17, 15) is 22.8 Å². The van der Waals surface area contributed by atoms with Gasteiger partial charge in [-0.05, 0) is 35.7 Å². The number of nitrogens with two attached hydrogens (primary N) is 1. The van der Waals surface area contributed by atoms with Gasteiger partial charge in [-0.15, -0.1) is 0 Å². The van der Waals surface area contributed by atoms with E-state index >= 15 is 0 Å². The van der Waals surface area contributed by atoms with Crippen molar-refractivity contribution >= 4 is 35.0 Å². The Morgan fingerprint density at radius 1 is 1.25 bits per heavy atom. The summed E-state index contributed by atoms with van der Waals surface area (Å²) in [6.07, 6.45) is -3.58. The molecular weight excluding hydrogens is 472 g/mol. The van der Waals surface area contributed by atoms with Crippen molar-refractivity contribution in [3.05, 3.63) is 57.7 Å². The van der Waals surface area contributed by atoms with E-state index in [1.165, 1.54) is 24.3 Å². The summed E-state index contributed by atoms with van der Waals surface area (Å²) in [5.74, 6) is -1.61. The maximum Gasteiger partial charge on any atom is 0.272 e. The Bertz CT molecular complexity index is 1020. The van der Waals surface area contributed by atoms with E-state index in [4.69, 9.17) is 38.4 Å². The van der Waals surface area contributed by atoms with Gasteiger partial charge >= 0.3 is 0 Å². The molecule has 3 N–H and O–H groups in total. The molecule has 3 rings (SSSR count). The Balaban J connectivity index is 1.69. The predicted molar refractivity (Wildman–Crippen MR) is 112 cm³/mol. The van der Waals surface area contributed by atoms with Gasteiger partial charge in [0.1, 0.15) is 24.1 Å². The number of benzene rings is 2. The lowest BCUT2D eigenvalue weighted by Gasteiger charge is -2.32. The SMILES string of the molecule is NC(=O)[C@@H]1OC[C]1C(=O)NCCc1ccc(-c2cc(Cl)cc(Cl)c2OCC(F)F)cc1F. The summed E-state index contributed by atoms with van der Waals surface area (Å²) in [4.78, 5) is 23.2. The summed E-state index contributed by atoms with van der Waals surface area (Å²) in [5, 5.41) is 2.84. The summed E-state index contributed by atoms with van der Waals surface area (Å²) < 4.78 is 49.9. The fourth-order valence-corrected chi connectivity index (χ4v) is 3.65. The second-order valence-electron chi connectivity index (χ2n) is 6.90. The van der Waals surface area contributed by atoms with Crippen LogP contribution in [0, 0.1) is 11.7 Å². The van der Waals surface area contributed by atoms with Crippen LogP contribution in [0.5, 0.6) is 5.75 Å². The third-order valence-corrected chi connectivity index (χ3v) is 5.18. The minimum absolute atomic E-state index is 0.0145. The standard InChI is InChI=1S/C21H18Cl2F3N2O4/c22-12-6-13(18(15(23)7-12)32-9-17(25)26)11-2-1-10(16(24)5-11)3-4-28-21(30)14-8-31-19(14)20(27)29/h1-2,5-7,17,19H,3-4,8-9H2,(H2,27,29)(H,28,30)/t19-/m1/s1. The van der Waals surface area contributed by atoms with Gasteiger partial charge in [0.15, 0.2) is 6.10 Å². The minimum atomic E-state index is -2.72. The quantitative estimate of drug-likeness (QED) is 0.563. The van der Waals surface area contributed by atoms with E-state index in [2.05, 4.69) is 5.32 Å². The molecule has 0 spiro atoms. The number of ether oxygens (including phenoxy) is 2. The zero-order valence-corrected chi connectivity index (χ0v) is 18.0. The molecule has 1 atom stereocenters. The maximum atomic E-state index is 14.7. The molecule has 32 heavy (non-hydrogen) atoms. The van der Waals surface area contributed by atoms with Gasteiger partial charge < -0.3 is 20.5 Å². The molecule has 2 amide bonds. The van der Waals surface area contributed by atoms with Crippen LogP contribution in [0.3, 0.4) is 0 Å². The van der Waals surface area contributed by atoms with Gasteiger partial charge in [-0.1, -0.05) is 35.3 Å². The van der Waals surface area contributed by atoms with Crippen LogP contribution in [-0.4, -0.2) is 44.1 Å². The van der Waals surface area contributed by atoms with Crippen molar-refractivity contribution in [3.8, 4) is 16.9 Å². The predicted octanol–water partition coefficient (Wildman–Crippen LogP) is 3.56. The normalized spacial score (nSPS) is 16.0. The van der Waals surface area contributed by atoms with E-state index in [-0.39, 0.29) is 46.8 Å². The van der Waals surface area contributed by atoms with Crippen molar-refractivity contribution in [2.75, 3.05) is 19.8 Å². The van der Waals surface area contributed by atoms with E-state index in [0.29, 0.717) is 11.1 Å². The van der Waals surface area contributed by atoms with Gasteiger partial charge in [-0.3, -0.25) is 9.59 Å². The van der Waals surface area contributed by atoms with Gasteiger partial charge in [-0.25, -0.2) is 13.2 Å². The first-order chi connectivity index (χ1) is 15.2. The lowest BCUT2D eigenvalue weighted by Crippen LogP contribution is -2.53. The molecule has 1 heterocycles. The first-order valence-electron chi connectivity index (χ1n) is 9.41. The van der Waals surface area contributed by atoms with Gasteiger partial charge in [-0.2, -0.15) is 0 Å². The highest BCUT2D eigenvalue weighted by atomic mass is 35.5. The van der Waals surface area contributed by atoms with Crippen LogP contribution in [0.4, 0.5) is 13.2 Å². The number of carbonyl (C=O) groups is 2. The Kier molecular flexibility index (Phi) is 7.86. The molecule has 0 bridgehead atoms. The number of carbonyl (C=O) groups excluding carboxylic acids is 2. The van der Waals surface area contributed by atoms with Gasteiger partial charge in [0.2, 0.25) is 11.8 Å². The number of amides is 2. The Labute approximate surface area is 191 Å². The first-order valence-corrected chi connectivity index (χ1v) is 10.2. The van der Waals surface area contributed by atoms with E-state index in [1.54, 1.807) is 6.07 Å². The largest absolute Gasteiger partial charge is 0.485 e. The molecule has 0 saturated carbocycles. The number of nitrogens with one attached hydrogen (secondary N) is 1. The first kappa shape index (κ1) is 24.2. The topological polar surface area (TPSA) is 90.7 Å². The molecule has 0 aliphatic carbocycles. The number of rotatable bonds is 9. The van der Waals surface area contributed by atoms with Crippen LogP contribution in [0.25, 0.3) is 11.1 Å². The zero-order chi connectivity index (χ0) is 23.4. The average Bonchev–Trinajstić information content (AvgIpc) is 2.66. The second-order valence-corrected chi connectivity index (χ2v) is 7.74. The number of hydrogen-bond donors (Lipinski definition) is 2. The molecular formula is C21H18Cl2F3N2O4. The van der Waals surface area contributed by atoms with Crippen LogP contribution in [0.2, 0.25) is 10.0 Å². The summed E-state index contributed by atoms with van der Waals surface area (Å²) in [5.41, 5.74) is 6.01. The molecule has 11 heteroatoms. The van der Waals surface area contributed by atoms with Crippen molar-refractivity contribution in [1.82, 2.24) is 5.32 Å². The van der Waals surface area contributed by atoms with Gasteiger partial charge in [0.05, 0.1) is 11.6 Å². The van der Waals surface area contributed by atoms with Crippen molar-refractivity contribution in [1.29, 1.82) is 0 Å². The van der Waals surface area contributed by atoms with E-state index in [0.717, 1.165) is 0 Å². The molecule has 1 fully saturated rings. The molecule has 6 nitrogen and oxygen atoms in total. The maximum absolute atomic E-state index is 14.7. The van der Waals surface area contributed by atoms with Crippen molar-refractivity contribution < 1.29 is 32.2 Å². The molecule has 0 aromatic heterocycles. The molecule has 0 unspecified atom stereocenters. The summed E-state index contributed by atoms with van der Waals surface area (Å²) >= 11 is 12.1. The van der Waals surface area contributed by atoms with Crippen molar-refractivity contribution in [3.63, 3.8) is 0 Å². The molecule has 2 aromatic carbocycles. The fourth-order valence-electron chi connectivity index (χ4n) is 3.10. The van der Waals surface area contributed by atoms with E-state index < -0.39 is 36.8 Å². The molecule has 171 valence electrons. The molecule has 1 aliphatic rings. The van der Waals surface area contributed by atoms with Crippen molar-refractivity contribution in [2.24, 2.45) is 5.73 Å². The zero-order valence-electron chi connectivity index (χ0n) is 16.5. The molecule has 1 saturated heterocycles. The average molecular weight is 490 g/mol. The van der Waals surface area contributed by atoms with Gasteiger partial charge in [0.25, 0.3) is 6.43 Å². The molecule has 1 radical (unpaired) electrons. The van der Waals surface area contributed by atoms with Crippen molar-refractivity contribution in [2.45, 2.75) is 19.0 Å². The monoisotopic (exact) mass is 489 g/mol. The van der Waals surface area contributed by atoms with E-state index in [1.807, 2.05) is 0 Å². The molecule has 1 aliphatic heterocycles.